The fourth-order valence-corrected chi connectivity index (χ4v) is 8.09. The van der Waals surface area contributed by atoms with Gasteiger partial charge in [-0.25, -0.2) is 0 Å². The Bertz CT molecular complexity index is 910. The normalized spacial score (nSPS) is 37.6. The van der Waals surface area contributed by atoms with Gasteiger partial charge in [-0.05, 0) is 92.4 Å². The van der Waals surface area contributed by atoms with Crippen molar-refractivity contribution in [1.82, 2.24) is 30.6 Å². The van der Waals surface area contributed by atoms with Crippen LogP contribution in [0.4, 0.5) is 0 Å². The lowest BCUT2D eigenvalue weighted by molar-refractivity contribution is 0.0534. The molecule has 4 aliphatic heterocycles. The molecule has 0 aromatic carbocycles. The van der Waals surface area contributed by atoms with Crippen LogP contribution in [0.25, 0.3) is 0 Å². The monoisotopic (exact) mass is 542 g/mol. The summed E-state index contributed by atoms with van der Waals surface area (Å²) in [6.45, 7) is 17.7. The lowest BCUT2D eigenvalue weighted by Gasteiger charge is -2.46. The third-order valence-corrected chi connectivity index (χ3v) is 10.6. The smallest absolute Gasteiger partial charge is 0.0690 e. The van der Waals surface area contributed by atoms with Gasteiger partial charge in [0.15, 0.2) is 0 Å². The van der Waals surface area contributed by atoms with E-state index < -0.39 is 0 Å². The zero-order valence-corrected chi connectivity index (χ0v) is 25.7. The SMILES string of the molecule is CC(C)(C)c1ccnc(C2CC[C@H]3CCN(C3)C3NC(C(C)(C)C)CCC3CNSC3CCCC(N3)N2)c1. The van der Waals surface area contributed by atoms with Crippen LogP contribution in [0.2, 0.25) is 0 Å². The minimum Gasteiger partial charge on any atom is -0.298 e. The molecule has 4 N–H and O–H groups in total. The summed E-state index contributed by atoms with van der Waals surface area (Å²) < 4.78 is 3.84. The lowest BCUT2D eigenvalue weighted by Crippen LogP contribution is -2.60. The third-order valence-electron chi connectivity index (χ3n) is 9.59. The maximum absolute atomic E-state index is 4.92. The van der Waals surface area contributed by atoms with Crippen LogP contribution in [0.1, 0.15) is 110 Å². The number of hydrogen-bond donors (Lipinski definition) is 4. The molecule has 38 heavy (non-hydrogen) atoms. The van der Waals surface area contributed by atoms with Crippen molar-refractivity contribution in [2.75, 3.05) is 19.6 Å². The fourth-order valence-electron chi connectivity index (χ4n) is 7.06. The molecular formula is C31H54N6S. The van der Waals surface area contributed by atoms with Gasteiger partial charge in [0, 0.05) is 31.2 Å². The van der Waals surface area contributed by atoms with Gasteiger partial charge in [-0.1, -0.05) is 53.5 Å². The number of rotatable bonds is 1. The number of pyridine rings is 1. The number of nitrogens with one attached hydrogen (secondary N) is 4. The van der Waals surface area contributed by atoms with E-state index in [0.717, 1.165) is 18.9 Å². The highest BCUT2D eigenvalue weighted by atomic mass is 32.2. The molecule has 4 aliphatic rings. The van der Waals surface area contributed by atoms with Gasteiger partial charge in [0.1, 0.15) is 0 Å². The van der Waals surface area contributed by atoms with Crippen LogP contribution in [0, 0.1) is 17.3 Å². The van der Waals surface area contributed by atoms with E-state index in [4.69, 9.17) is 4.98 Å². The highest BCUT2D eigenvalue weighted by Crippen LogP contribution is 2.36. The Morgan fingerprint density at radius 2 is 1.76 bits per heavy atom. The highest BCUT2D eigenvalue weighted by molar-refractivity contribution is 7.98. The minimum absolute atomic E-state index is 0.133. The first-order valence-corrected chi connectivity index (χ1v) is 16.3. The molecule has 0 amide bonds. The molecule has 1 aromatic rings. The molecule has 5 heterocycles. The second-order valence-electron chi connectivity index (χ2n) is 14.6. The van der Waals surface area contributed by atoms with Crippen molar-refractivity contribution >= 4 is 11.9 Å². The summed E-state index contributed by atoms with van der Waals surface area (Å²) in [5.41, 5.74) is 3.03. The van der Waals surface area contributed by atoms with Gasteiger partial charge in [0.05, 0.1) is 29.4 Å². The van der Waals surface area contributed by atoms with E-state index in [9.17, 15) is 0 Å². The first-order chi connectivity index (χ1) is 18.1. The van der Waals surface area contributed by atoms with Gasteiger partial charge in [-0.2, -0.15) is 0 Å². The van der Waals surface area contributed by atoms with Crippen LogP contribution >= 0.6 is 11.9 Å². The van der Waals surface area contributed by atoms with Crippen LogP contribution < -0.4 is 20.7 Å². The van der Waals surface area contributed by atoms with Crippen molar-refractivity contribution in [1.29, 1.82) is 0 Å². The van der Waals surface area contributed by atoms with Gasteiger partial charge in [0.25, 0.3) is 0 Å². The summed E-state index contributed by atoms with van der Waals surface area (Å²) in [5, 5.41) is 12.6. The van der Waals surface area contributed by atoms with Gasteiger partial charge >= 0.3 is 0 Å². The van der Waals surface area contributed by atoms with Crippen molar-refractivity contribution in [2.24, 2.45) is 17.3 Å². The molecule has 6 nitrogen and oxygen atoms in total. The summed E-state index contributed by atoms with van der Waals surface area (Å²) >= 11 is 1.93. The molecule has 4 bridgehead atoms. The Morgan fingerprint density at radius 3 is 2.55 bits per heavy atom. The topological polar surface area (TPSA) is 64.2 Å². The molecule has 7 heteroatoms. The average molecular weight is 543 g/mol. The second-order valence-corrected chi connectivity index (χ2v) is 15.7. The van der Waals surface area contributed by atoms with Crippen molar-refractivity contribution in [2.45, 2.75) is 128 Å². The summed E-state index contributed by atoms with van der Waals surface area (Å²) in [6.07, 6.45) is 12.9. The van der Waals surface area contributed by atoms with Gasteiger partial charge in [-0.15, -0.1) is 0 Å². The van der Waals surface area contributed by atoms with E-state index >= 15 is 0 Å². The number of aromatic nitrogens is 1. The Morgan fingerprint density at radius 1 is 0.921 bits per heavy atom. The van der Waals surface area contributed by atoms with E-state index in [1.54, 1.807) is 0 Å². The molecule has 214 valence electrons. The van der Waals surface area contributed by atoms with E-state index in [1.807, 2.05) is 18.1 Å². The van der Waals surface area contributed by atoms with E-state index in [1.165, 1.54) is 69.3 Å². The molecule has 4 saturated heterocycles. The molecule has 4 fully saturated rings. The van der Waals surface area contributed by atoms with E-state index in [-0.39, 0.29) is 11.5 Å². The standard InChI is InChI=1S/C31H54N6S/c1-30(2,3)23-14-16-32-25(18-23)24-12-10-21-15-17-37(20-21)29-22(11-13-26(35-29)31(4,5)6)19-33-38-28-9-7-8-27(34-24)36-28/h14,16,18,21-22,24,26-29,33-36H,7-13,15,17,19-20H2,1-6H3/t21-,22?,24?,26?,27?,28?,29?/m0/s1. The average Bonchev–Trinajstić information content (AvgIpc) is 3.34. The van der Waals surface area contributed by atoms with Crippen molar-refractivity contribution in [3.8, 4) is 0 Å². The lowest BCUT2D eigenvalue weighted by atomic mass is 9.78. The molecule has 5 rings (SSSR count). The van der Waals surface area contributed by atoms with E-state index in [0.29, 0.717) is 35.1 Å². The van der Waals surface area contributed by atoms with Crippen LogP contribution in [-0.4, -0.2) is 53.3 Å². The molecule has 0 saturated carbocycles. The number of nitrogens with zero attached hydrogens (tertiary/aromatic N) is 2. The van der Waals surface area contributed by atoms with Gasteiger partial charge in [-0.3, -0.25) is 30.6 Å². The first kappa shape index (κ1) is 28.8. The second kappa shape index (κ2) is 12.0. The Labute approximate surface area is 236 Å². The molecule has 7 unspecified atom stereocenters. The Kier molecular flexibility index (Phi) is 9.13. The molecule has 8 atom stereocenters. The number of piperidine rings is 2. The zero-order valence-electron chi connectivity index (χ0n) is 24.9. The maximum Gasteiger partial charge on any atom is 0.0690 e. The maximum atomic E-state index is 4.92. The van der Waals surface area contributed by atoms with Crippen molar-refractivity contribution in [3.05, 3.63) is 29.6 Å². The molecule has 1 aromatic heterocycles. The van der Waals surface area contributed by atoms with Crippen LogP contribution in [0.5, 0.6) is 0 Å². The predicted molar refractivity (Wildman–Crippen MR) is 161 cm³/mol. The Hall–Kier alpha value is -0.700. The summed E-state index contributed by atoms with van der Waals surface area (Å²) in [5.74, 6) is 1.43. The number of fused-ring (bicyclic) bond motifs is 6. The molecule has 0 spiro atoms. The van der Waals surface area contributed by atoms with E-state index in [2.05, 4.69) is 79.2 Å². The van der Waals surface area contributed by atoms with Crippen molar-refractivity contribution < 1.29 is 0 Å². The predicted octanol–water partition coefficient (Wildman–Crippen LogP) is 5.53. The minimum atomic E-state index is 0.133. The highest BCUT2D eigenvalue weighted by Gasteiger charge is 2.40. The quantitative estimate of drug-likeness (QED) is 0.348. The van der Waals surface area contributed by atoms with Crippen LogP contribution in [0.3, 0.4) is 0 Å². The largest absolute Gasteiger partial charge is 0.298 e. The van der Waals surface area contributed by atoms with Gasteiger partial charge in [0.2, 0.25) is 0 Å². The molecule has 0 radical (unpaired) electrons. The van der Waals surface area contributed by atoms with Crippen LogP contribution in [0.15, 0.2) is 18.3 Å². The first-order valence-electron chi connectivity index (χ1n) is 15.4. The fraction of sp³-hybridized carbons (Fsp3) is 0.839. The zero-order chi connectivity index (χ0) is 26.9. The summed E-state index contributed by atoms with van der Waals surface area (Å²) in [4.78, 5) is 7.72. The Balaban J connectivity index is 1.36. The van der Waals surface area contributed by atoms with Gasteiger partial charge < -0.3 is 0 Å². The third kappa shape index (κ3) is 7.13. The number of hydrogen-bond acceptors (Lipinski definition) is 7. The van der Waals surface area contributed by atoms with Crippen molar-refractivity contribution in [3.63, 3.8) is 0 Å². The molecule has 0 aliphatic carbocycles. The summed E-state index contributed by atoms with van der Waals surface area (Å²) in [7, 11) is 0. The molecular weight excluding hydrogens is 488 g/mol. The van der Waals surface area contributed by atoms with Crippen LogP contribution in [-0.2, 0) is 5.41 Å². The summed E-state index contributed by atoms with van der Waals surface area (Å²) in [6, 6.07) is 5.44.